The van der Waals surface area contributed by atoms with Crippen LogP contribution in [0.15, 0.2) is 5.38 Å². The average molecular weight is 249 g/mol. The van der Waals surface area contributed by atoms with E-state index in [0.717, 1.165) is 38.3 Å². The van der Waals surface area contributed by atoms with Crippen LogP contribution in [-0.2, 0) is 0 Å². The number of hydrogen-bond donors (Lipinski definition) is 1. The average Bonchev–Trinajstić information content (AvgIpc) is 2.85. The Balaban J connectivity index is 2.12. The SMILES string of the molecule is C#Cc1csc(C(CCC)N2CCNCC2)n1. The maximum Gasteiger partial charge on any atom is 0.124 e. The molecule has 2 heterocycles. The molecule has 3 nitrogen and oxygen atoms in total. The highest BCUT2D eigenvalue weighted by Gasteiger charge is 2.23. The molecular formula is C13H19N3S. The maximum atomic E-state index is 5.39. The molecule has 1 aromatic rings. The van der Waals surface area contributed by atoms with Gasteiger partial charge in [0.15, 0.2) is 0 Å². The highest BCUT2D eigenvalue weighted by molar-refractivity contribution is 7.09. The first-order chi connectivity index (χ1) is 8.35. The van der Waals surface area contributed by atoms with Gasteiger partial charge in [0, 0.05) is 31.6 Å². The van der Waals surface area contributed by atoms with Crippen LogP contribution in [0, 0.1) is 12.3 Å². The van der Waals surface area contributed by atoms with Crippen molar-refractivity contribution in [2.24, 2.45) is 0 Å². The molecule has 0 amide bonds. The lowest BCUT2D eigenvalue weighted by atomic mass is 10.1. The minimum Gasteiger partial charge on any atom is -0.314 e. The van der Waals surface area contributed by atoms with Gasteiger partial charge in [0.1, 0.15) is 10.7 Å². The van der Waals surface area contributed by atoms with Crippen molar-refractivity contribution >= 4 is 11.3 Å². The predicted octanol–water partition coefficient (Wildman–Crippen LogP) is 1.87. The van der Waals surface area contributed by atoms with Gasteiger partial charge in [-0.2, -0.15) is 0 Å². The number of terminal acetylenes is 1. The van der Waals surface area contributed by atoms with Gasteiger partial charge >= 0.3 is 0 Å². The second kappa shape index (κ2) is 6.15. The van der Waals surface area contributed by atoms with Crippen molar-refractivity contribution in [1.82, 2.24) is 15.2 Å². The zero-order valence-electron chi connectivity index (χ0n) is 10.3. The van der Waals surface area contributed by atoms with E-state index in [2.05, 4.69) is 28.0 Å². The lowest BCUT2D eigenvalue weighted by Crippen LogP contribution is -2.45. The summed E-state index contributed by atoms with van der Waals surface area (Å²) in [5.74, 6) is 2.62. The Bertz CT molecular complexity index is 388. The summed E-state index contributed by atoms with van der Waals surface area (Å²) in [7, 11) is 0. The fraction of sp³-hybridized carbons (Fsp3) is 0.615. The van der Waals surface area contributed by atoms with Crippen LogP contribution in [0.25, 0.3) is 0 Å². The summed E-state index contributed by atoms with van der Waals surface area (Å²) >= 11 is 1.70. The Morgan fingerprint density at radius 1 is 1.59 bits per heavy atom. The molecule has 1 aliphatic heterocycles. The van der Waals surface area contributed by atoms with Crippen LogP contribution in [0.2, 0.25) is 0 Å². The zero-order valence-corrected chi connectivity index (χ0v) is 11.1. The molecule has 0 aromatic carbocycles. The quantitative estimate of drug-likeness (QED) is 0.826. The summed E-state index contributed by atoms with van der Waals surface area (Å²) in [5.41, 5.74) is 0.779. The molecule has 4 heteroatoms. The first-order valence-corrected chi connectivity index (χ1v) is 7.10. The van der Waals surface area contributed by atoms with Gasteiger partial charge in [-0.1, -0.05) is 13.3 Å². The van der Waals surface area contributed by atoms with Crippen molar-refractivity contribution in [1.29, 1.82) is 0 Å². The normalized spacial score (nSPS) is 18.8. The van der Waals surface area contributed by atoms with Crippen LogP contribution in [0.3, 0.4) is 0 Å². The third-order valence-corrected chi connectivity index (χ3v) is 4.06. The summed E-state index contributed by atoms with van der Waals surface area (Å²) in [4.78, 5) is 7.07. The Hall–Kier alpha value is -0.890. The van der Waals surface area contributed by atoms with Gasteiger partial charge in [-0.05, 0) is 12.3 Å². The van der Waals surface area contributed by atoms with E-state index in [-0.39, 0.29) is 0 Å². The first kappa shape index (κ1) is 12.6. The topological polar surface area (TPSA) is 28.2 Å². The summed E-state index contributed by atoms with van der Waals surface area (Å²) < 4.78 is 0. The summed E-state index contributed by atoms with van der Waals surface area (Å²) in [6.45, 7) is 6.59. The first-order valence-electron chi connectivity index (χ1n) is 6.22. The molecule has 1 saturated heterocycles. The standard InChI is InChI=1S/C13H19N3S/c1-3-5-12(16-8-6-14-7-9-16)13-15-11(4-2)10-17-13/h2,10,12,14H,3,5-9H2,1H3. The number of aromatic nitrogens is 1. The predicted molar refractivity (Wildman–Crippen MR) is 72.1 cm³/mol. The number of rotatable bonds is 4. The van der Waals surface area contributed by atoms with Crippen LogP contribution >= 0.6 is 11.3 Å². The van der Waals surface area contributed by atoms with Gasteiger partial charge in [0.05, 0.1) is 6.04 Å². The highest BCUT2D eigenvalue weighted by atomic mass is 32.1. The van der Waals surface area contributed by atoms with Crippen molar-refractivity contribution in [2.75, 3.05) is 26.2 Å². The van der Waals surface area contributed by atoms with Crippen molar-refractivity contribution in [3.05, 3.63) is 16.1 Å². The molecule has 1 aliphatic rings. The lowest BCUT2D eigenvalue weighted by molar-refractivity contribution is 0.164. The second-order valence-electron chi connectivity index (χ2n) is 4.31. The number of nitrogens with zero attached hydrogens (tertiary/aromatic N) is 2. The number of piperazine rings is 1. The van der Waals surface area contributed by atoms with Gasteiger partial charge in [0.25, 0.3) is 0 Å². The van der Waals surface area contributed by atoms with Crippen LogP contribution in [0.4, 0.5) is 0 Å². The second-order valence-corrected chi connectivity index (χ2v) is 5.20. The van der Waals surface area contributed by atoms with E-state index in [4.69, 9.17) is 6.42 Å². The largest absolute Gasteiger partial charge is 0.314 e. The van der Waals surface area contributed by atoms with E-state index in [1.54, 1.807) is 11.3 Å². The highest BCUT2D eigenvalue weighted by Crippen LogP contribution is 2.28. The van der Waals surface area contributed by atoms with Crippen LogP contribution in [0.5, 0.6) is 0 Å². The monoisotopic (exact) mass is 249 g/mol. The van der Waals surface area contributed by atoms with Crippen molar-refractivity contribution < 1.29 is 0 Å². The van der Waals surface area contributed by atoms with Gasteiger partial charge in [0.2, 0.25) is 0 Å². The third kappa shape index (κ3) is 3.06. The van der Waals surface area contributed by atoms with E-state index >= 15 is 0 Å². The summed E-state index contributed by atoms with van der Waals surface area (Å²) in [5, 5.41) is 6.56. The Kier molecular flexibility index (Phi) is 4.55. The van der Waals surface area contributed by atoms with Crippen LogP contribution in [0.1, 0.15) is 36.5 Å². The summed E-state index contributed by atoms with van der Waals surface area (Å²) in [6, 6.07) is 0.453. The molecule has 0 bridgehead atoms. The molecule has 1 N–H and O–H groups in total. The molecule has 1 atom stereocenters. The maximum absolute atomic E-state index is 5.39. The molecule has 92 valence electrons. The van der Waals surface area contributed by atoms with Gasteiger partial charge in [-0.15, -0.1) is 17.8 Å². The smallest absolute Gasteiger partial charge is 0.124 e. The molecule has 1 unspecified atom stereocenters. The molecule has 17 heavy (non-hydrogen) atoms. The molecule has 0 saturated carbocycles. The molecule has 0 aliphatic carbocycles. The third-order valence-electron chi connectivity index (χ3n) is 3.11. The fourth-order valence-electron chi connectivity index (χ4n) is 2.24. The fourth-order valence-corrected chi connectivity index (χ4v) is 3.16. The van der Waals surface area contributed by atoms with Crippen molar-refractivity contribution in [3.8, 4) is 12.3 Å². The number of nitrogens with one attached hydrogen (secondary N) is 1. The van der Waals surface area contributed by atoms with Crippen LogP contribution < -0.4 is 5.32 Å². The molecule has 1 aromatic heterocycles. The van der Waals surface area contributed by atoms with Gasteiger partial charge < -0.3 is 5.32 Å². The van der Waals surface area contributed by atoms with E-state index in [0.29, 0.717) is 6.04 Å². The van der Waals surface area contributed by atoms with Crippen molar-refractivity contribution in [3.63, 3.8) is 0 Å². The Morgan fingerprint density at radius 3 is 2.94 bits per heavy atom. The molecule has 0 spiro atoms. The zero-order chi connectivity index (χ0) is 12.1. The van der Waals surface area contributed by atoms with Crippen molar-refractivity contribution in [2.45, 2.75) is 25.8 Å². The number of thiazole rings is 1. The summed E-state index contributed by atoms with van der Waals surface area (Å²) in [6.07, 6.45) is 7.73. The minimum atomic E-state index is 0.453. The van der Waals surface area contributed by atoms with E-state index in [1.807, 2.05) is 5.38 Å². The molecule has 1 fully saturated rings. The Morgan fingerprint density at radius 2 is 2.35 bits per heavy atom. The molecular weight excluding hydrogens is 230 g/mol. The minimum absolute atomic E-state index is 0.453. The van der Waals surface area contributed by atoms with Gasteiger partial charge in [-0.3, -0.25) is 4.90 Å². The van der Waals surface area contributed by atoms with E-state index in [1.165, 1.54) is 11.4 Å². The molecule has 0 radical (unpaired) electrons. The molecule has 2 rings (SSSR count). The Labute approximate surface area is 107 Å². The number of hydrogen-bond acceptors (Lipinski definition) is 4. The van der Waals surface area contributed by atoms with E-state index in [9.17, 15) is 0 Å². The van der Waals surface area contributed by atoms with E-state index < -0.39 is 0 Å². The van der Waals surface area contributed by atoms with Crippen LogP contribution in [-0.4, -0.2) is 36.1 Å². The lowest BCUT2D eigenvalue weighted by Gasteiger charge is -2.33. The van der Waals surface area contributed by atoms with Gasteiger partial charge in [-0.25, -0.2) is 4.98 Å².